The third kappa shape index (κ3) is 5.70. The molecule has 1 saturated heterocycles. The van der Waals surface area contributed by atoms with E-state index in [4.69, 9.17) is 13.8 Å². The quantitative estimate of drug-likeness (QED) is 0.254. The molecule has 2 aromatic rings. The second-order valence-corrected chi connectivity index (χ2v) is 9.59. The number of phosphoric acid groups is 2. The van der Waals surface area contributed by atoms with Gasteiger partial charge in [-0.25, -0.2) is 14.1 Å². The summed E-state index contributed by atoms with van der Waals surface area (Å²) in [6.07, 6.45) is -0.125. The van der Waals surface area contributed by atoms with Gasteiger partial charge in [-0.05, 0) is 0 Å². The molecule has 5 atom stereocenters. The number of nitrogens with one attached hydrogen (secondary N) is 2. The normalized spacial score (nSPS) is 24.8. The highest BCUT2D eigenvalue weighted by Gasteiger charge is 2.43. The second-order valence-electron chi connectivity index (χ2n) is 6.51. The van der Waals surface area contributed by atoms with Crippen LogP contribution in [0.3, 0.4) is 0 Å². The first-order valence-corrected chi connectivity index (χ1v) is 12.1. The monoisotopic (exact) mass is 495 g/mol. The van der Waals surface area contributed by atoms with Crippen molar-refractivity contribution in [1.82, 2.24) is 19.5 Å². The highest BCUT2D eigenvalue weighted by atomic mass is 31.2. The molecule has 0 amide bonds. The summed E-state index contributed by atoms with van der Waals surface area (Å²) >= 11 is 0. The minimum Gasteiger partial charge on any atom is -0.352 e. The Labute approximate surface area is 181 Å². The molecule has 0 aliphatic carbocycles. The largest absolute Gasteiger partial charge is 0.472 e. The molecule has 3 heterocycles. The number of aromatic amines is 1. The van der Waals surface area contributed by atoms with E-state index in [1.54, 1.807) is 6.08 Å². The second kappa shape index (κ2) is 9.91. The van der Waals surface area contributed by atoms with Crippen molar-refractivity contribution >= 4 is 32.8 Å². The van der Waals surface area contributed by atoms with Gasteiger partial charge in [0.25, 0.3) is 5.56 Å². The zero-order valence-corrected chi connectivity index (χ0v) is 18.9. The molecule has 0 aromatic carbocycles. The Bertz CT molecular complexity index is 1120. The first-order valence-electron chi connectivity index (χ1n) is 9.16. The van der Waals surface area contributed by atoms with Crippen molar-refractivity contribution in [1.29, 1.82) is 0 Å². The summed E-state index contributed by atoms with van der Waals surface area (Å²) in [7, 11) is -6.79. The van der Waals surface area contributed by atoms with Crippen LogP contribution >= 0.6 is 15.6 Å². The minimum absolute atomic E-state index is 0.0139. The summed E-state index contributed by atoms with van der Waals surface area (Å²) in [6, 6.07) is 0. The molecular weight excluding hydrogens is 472 g/mol. The smallest absolute Gasteiger partial charge is 0.352 e. The van der Waals surface area contributed by atoms with Crippen molar-refractivity contribution in [3.63, 3.8) is 0 Å². The average Bonchev–Trinajstić information content (AvgIpc) is 3.34. The van der Waals surface area contributed by atoms with Crippen LogP contribution in [0.2, 0.25) is 0 Å². The van der Waals surface area contributed by atoms with Gasteiger partial charge >= 0.3 is 15.6 Å². The topological polar surface area (TPSA) is 196 Å². The molecule has 1 aliphatic rings. The maximum Gasteiger partial charge on any atom is 0.472 e. The number of imidazole rings is 1. The summed E-state index contributed by atoms with van der Waals surface area (Å²) < 4.78 is 49.6. The SMILES string of the molecule is C=CCNc1nc2c(ncn2[C@H]2C[C@@H](OP(=O)(O)OC)[C@@H](COP(=O)(O)OC)O2)c(=O)[nH]1. The fourth-order valence-corrected chi connectivity index (χ4v) is 4.05. The first kappa shape index (κ1) is 24.7. The zero-order valence-electron chi connectivity index (χ0n) is 17.1. The third-order valence-corrected chi connectivity index (χ3v) is 6.40. The van der Waals surface area contributed by atoms with E-state index in [1.807, 2.05) is 0 Å². The predicted octanol–water partition coefficient (Wildman–Crippen LogP) is 0.900. The average molecular weight is 495 g/mol. The molecule has 0 radical (unpaired) electrons. The molecule has 1 fully saturated rings. The number of hydrogen-bond donors (Lipinski definition) is 4. The Morgan fingerprint density at radius 2 is 2.09 bits per heavy atom. The van der Waals surface area contributed by atoms with Crippen LogP contribution in [-0.2, 0) is 32.0 Å². The van der Waals surface area contributed by atoms with E-state index in [-0.39, 0.29) is 23.5 Å². The fourth-order valence-electron chi connectivity index (χ4n) is 2.96. The van der Waals surface area contributed by atoms with Crippen molar-refractivity contribution in [3.8, 4) is 0 Å². The number of fused-ring (bicyclic) bond motifs is 1. The molecular formula is C15H23N5O10P2. The van der Waals surface area contributed by atoms with Crippen molar-refractivity contribution in [2.45, 2.75) is 24.9 Å². The fraction of sp³-hybridized carbons (Fsp3) is 0.533. The van der Waals surface area contributed by atoms with E-state index in [1.165, 1.54) is 10.9 Å². The van der Waals surface area contributed by atoms with Gasteiger partial charge in [0, 0.05) is 27.2 Å². The van der Waals surface area contributed by atoms with Crippen LogP contribution in [0, 0.1) is 0 Å². The van der Waals surface area contributed by atoms with Crippen molar-refractivity contribution < 1.29 is 41.7 Å². The summed E-state index contributed by atoms with van der Waals surface area (Å²) in [4.78, 5) is 42.4. The standard InChI is InChI=1S/C15H23N5O10P2/c1-4-5-16-15-18-13-12(14(21)19-15)17-8-20(13)11-6-9(30-32(24,25)27-3)10(29-11)7-28-31(22,23)26-2/h4,8-11H,1,5-7H2,2-3H3,(H,22,23)(H,24,25)(H2,16,18,19,21)/t9-,10-,11-/m1/s1. The predicted molar refractivity (Wildman–Crippen MR) is 110 cm³/mol. The number of nitrogens with zero attached hydrogens (tertiary/aromatic N) is 3. The van der Waals surface area contributed by atoms with Gasteiger partial charge in [-0.1, -0.05) is 6.08 Å². The van der Waals surface area contributed by atoms with E-state index in [9.17, 15) is 23.7 Å². The lowest BCUT2D eigenvalue weighted by atomic mass is 10.2. The Morgan fingerprint density at radius 3 is 2.75 bits per heavy atom. The Hall–Kier alpha value is -1.93. The molecule has 0 bridgehead atoms. The molecule has 3 rings (SSSR count). The number of phosphoric ester groups is 2. The van der Waals surface area contributed by atoms with Gasteiger partial charge in [-0.2, -0.15) is 4.98 Å². The lowest BCUT2D eigenvalue weighted by molar-refractivity contribution is -0.0430. The van der Waals surface area contributed by atoms with Gasteiger partial charge in [0.1, 0.15) is 18.4 Å². The van der Waals surface area contributed by atoms with Crippen LogP contribution in [0.5, 0.6) is 0 Å². The molecule has 0 saturated carbocycles. The first-order chi connectivity index (χ1) is 15.1. The third-order valence-electron chi connectivity index (χ3n) is 4.47. The summed E-state index contributed by atoms with van der Waals surface area (Å²) in [6.45, 7) is 3.43. The van der Waals surface area contributed by atoms with Crippen LogP contribution in [0.4, 0.5) is 5.95 Å². The number of aromatic nitrogens is 4. The van der Waals surface area contributed by atoms with E-state index in [0.29, 0.717) is 6.54 Å². The van der Waals surface area contributed by atoms with Crippen molar-refractivity contribution in [2.24, 2.45) is 0 Å². The highest BCUT2D eigenvalue weighted by Crippen LogP contribution is 2.49. The number of rotatable bonds is 11. The van der Waals surface area contributed by atoms with E-state index in [0.717, 1.165) is 14.2 Å². The Morgan fingerprint density at radius 1 is 1.38 bits per heavy atom. The van der Waals surface area contributed by atoms with Crippen LogP contribution in [-0.4, -0.2) is 68.9 Å². The van der Waals surface area contributed by atoms with Crippen molar-refractivity contribution in [2.75, 3.05) is 32.7 Å². The molecule has 2 unspecified atom stereocenters. The molecule has 4 N–H and O–H groups in total. The van der Waals surface area contributed by atoms with Crippen LogP contribution < -0.4 is 10.9 Å². The maximum absolute atomic E-state index is 12.3. The van der Waals surface area contributed by atoms with Gasteiger partial charge in [0.15, 0.2) is 11.2 Å². The van der Waals surface area contributed by atoms with E-state index in [2.05, 4.69) is 35.9 Å². The van der Waals surface area contributed by atoms with Crippen LogP contribution in [0.25, 0.3) is 11.2 Å². The summed E-state index contributed by atoms with van der Waals surface area (Å²) in [5.41, 5.74) is -0.278. The minimum atomic E-state index is -4.42. The maximum atomic E-state index is 12.3. The van der Waals surface area contributed by atoms with Gasteiger partial charge in [-0.3, -0.25) is 32.4 Å². The van der Waals surface area contributed by atoms with Gasteiger partial charge in [0.2, 0.25) is 5.95 Å². The molecule has 32 heavy (non-hydrogen) atoms. The van der Waals surface area contributed by atoms with E-state index >= 15 is 0 Å². The van der Waals surface area contributed by atoms with E-state index < -0.39 is 46.2 Å². The highest BCUT2D eigenvalue weighted by molar-refractivity contribution is 7.47. The Kier molecular flexibility index (Phi) is 7.65. The van der Waals surface area contributed by atoms with Crippen LogP contribution in [0.1, 0.15) is 12.6 Å². The number of anilines is 1. The number of H-pyrrole nitrogens is 1. The van der Waals surface area contributed by atoms with Gasteiger partial charge in [-0.15, -0.1) is 6.58 Å². The lowest BCUT2D eigenvalue weighted by Crippen LogP contribution is -2.28. The van der Waals surface area contributed by atoms with Gasteiger partial charge in [0.05, 0.1) is 12.9 Å². The lowest BCUT2D eigenvalue weighted by Gasteiger charge is -2.21. The summed E-state index contributed by atoms with van der Waals surface area (Å²) in [5.74, 6) is 0.176. The molecule has 17 heteroatoms. The Balaban J connectivity index is 1.90. The van der Waals surface area contributed by atoms with Crippen LogP contribution in [0.15, 0.2) is 23.8 Å². The molecule has 15 nitrogen and oxygen atoms in total. The summed E-state index contributed by atoms with van der Waals surface area (Å²) in [5, 5.41) is 2.86. The molecule has 1 aliphatic heterocycles. The molecule has 0 spiro atoms. The number of ether oxygens (including phenoxy) is 1. The number of hydrogen-bond acceptors (Lipinski definition) is 11. The molecule has 2 aromatic heterocycles. The van der Waals surface area contributed by atoms with Gasteiger partial charge < -0.3 is 19.8 Å². The zero-order chi connectivity index (χ0) is 23.5. The van der Waals surface area contributed by atoms with Crippen molar-refractivity contribution in [3.05, 3.63) is 29.3 Å². The molecule has 178 valence electrons.